The Kier molecular flexibility index (Phi) is 6.41. The summed E-state index contributed by atoms with van der Waals surface area (Å²) in [5.41, 5.74) is -0.764. The Balaban J connectivity index is 2.30. The van der Waals surface area contributed by atoms with Gasteiger partial charge in [-0.3, -0.25) is 4.90 Å². The zero-order chi connectivity index (χ0) is 20.2. The van der Waals surface area contributed by atoms with Crippen LogP contribution >= 0.6 is 0 Å². The van der Waals surface area contributed by atoms with Crippen molar-refractivity contribution in [3.05, 3.63) is 42.0 Å². The van der Waals surface area contributed by atoms with Crippen molar-refractivity contribution in [2.45, 2.75) is 45.4 Å². The van der Waals surface area contributed by atoms with Gasteiger partial charge in [0.05, 0.1) is 6.61 Å². The van der Waals surface area contributed by atoms with E-state index in [1.165, 1.54) is 4.90 Å². The minimum Gasteiger partial charge on any atom is -0.483 e. The van der Waals surface area contributed by atoms with Gasteiger partial charge in [0.15, 0.2) is 6.04 Å². The third-order valence-corrected chi connectivity index (χ3v) is 3.54. The van der Waals surface area contributed by atoms with Crippen molar-refractivity contribution in [3.8, 4) is 5.75 Å². The Morgan fingerprint density at radius 2 is 1.81 bits per heavy atom. The van der Waals surface area contributed by atoms with Crippen LogP contribution in [0.3, 0.4) is 0 Å². The van der Waals surface area contributed by atoms with E-state index in [0.717, 1.165) is 12.1 Å². The Hall–Kier alpha value is -2.64. The zero-order valence-corrected chi connectivity index (χ0v) is 15.7. The molecule has 0 unspecified atom stereocenters. The highest BCUT2D eigenvalue weighted by atomic mass is 19.1. The fourth-order valence-electron chi connectivity index (χ4n) is 2.56. The summed E-state index contributed by atoms with van der Waals surface area (Å²) in [6.45, 7) is 6.94. The molecular formula is C19H23F2NO5. The van der Waals surface area contributed by atoms with Gasteiger partial charge in [0.2, 0.25) is 0 Å². The second kappa shape index (κ2) is 8.37. The van der Waals surface area contributed by atoms with Crippen molar-refractivity contribution in [2.24, 2.45) is 0 Å². The molecule has 1 aliphatic rings. The van der Waals surface area contributed by atoms with Crippen LogP contribution in [-0.4, -0.2) is 47.9 Å². The molecule has 1 aromatic rings. The molecule has 1 heterocycles. The molecule has 1 amide bonds. The standard InChI is InChI=1S/C19H23F2NO5/c1-5-25-17(23)16-15(26-14-10-12(20)9-13(21)11-14)7-6-8-22(16)18(24)27-19(2,3)4/h6-7,9-11,15-16H,5,8H2,1-4H3/t15-,16+/m0/s1. The summed E-state index contributed by atoms with van der Waals surface area (Å²) >= 11 is 0. The molecule has 1 aromatic carbocycles. The van der Waals surface area contributed by atoms with Crippen LogP contribution in [-0.2, 0) is 14.3 Å². The Morgan fingerprint density at radius 1 is 1.19 bits per heavy atom. The maximum absolute atomic E-state index is 13.4. The average molecular weight is 383 g/mol. The van der Waals surface area contributed by atoms with E-state index in [0.29, 0.717) is 6.07 Å². The SMILES string of the molecule is CCOC(=O)[C@H]1[C@@H](Oc2cc(F)cc(F)c2)C=CCN1C(=O)OC(C)(C)C. The molecule has 6 nitrogen and oxygen atoms in total. The summed E-state index contributed by atoms with van der Waals surface area (Å²) in [4.78, 5) is 26.2. The molecule has 0 fully saturated rings. The van der Waals surface area contributed by atoms with Crippen molar-refractivity contribution in [1.29, 1.82) is 0 Å². The van der Waals surface area contributed by atoms with E-state index in [1.54, 1.807) is 39.8 Å². The lowest BCUT2D eigenvalue weighted by Gasteiger charge is -2.37. The van der Waals surface area contributed by atoms with E-state index in [2.05, 4.69) is 0 Å². The summed E-state index contributed by atoms with van der Waals surface area (Å²) in [6.07, 6.45) is 1.45. The topological polar surface area (TPSA) is 65.1 Å². The van der Waals surface area contributed by atoms with Crippen LogP contribution in [0.1, 0.15) is 27.7 Å². The maximum atomic E-state index is 13.4. The summed E-state index contributed by atoms with van der Waals surface area (Å²) in [5, 5.41) is 0. The molecular weight excluding hydrogens is 360 g/mol. The lowest BCUT2D eigenvalue weighted by molar-refractivity contribution is -0.152. The van der Waals surface area contributed by atoms with E-state index in [1.807, 2.05) is 0 Å². The molecule has 0 aromatic heterocycles. The predicted molar refractivity (Wildman–Crippen MR) is 93.3 cm³/mol. The largest absolute Gasteiger partial charge is 0.483 e. The number of rotatable bonds is 4. The number of carbonyl (C=O) groups is 2. The monoisotopic (exact) mass is 383 g/mol. The van der Waals surface area contributed by atoms with Gasteiger partial charge >= 0.3 is 12.1 Å². The van der Waals surface area contributed by atoms with E-state index >= 15 is 0 Å². The average Bonchev–Trinajstić information content (AvgIpc) is 2.52. The second-order valence-corrected chi connectivity index (χ2v) is 6.95. The number of halogens is 2. The van der Waals surface area contributed by atoms with Gasteiger partial charge in [0.25, 0.3) is 0 Å². The number of benzene rings is 1. The molecule has 0 aliphatic carbocycles. The second-order valence-electron chi connectivity index (χ2n) is 6.95. The Bertz CT molecular complexity index is 709. The van der Waals surface area contributed by atoms with Crippen molar-refractivity contribution in [2.75, 3.05) is 13.2 Å². The molecule has 8 heteroatoms. The summed E-state index contributed by atoms with van der Waals surface area (Å²) in [6, 6.07) is 1.53. The minimum absolute atomic E-state index is 0.0997. The number of hydrogen-bond donors (Lipinski definition) is 0. The summed E-state index contributed by atoms with van der Waals surface area (Å²) in [7, 11) is 0. The molecule has 2 atom stereocenters. The molecule has 27 heavy (non-hydrogen) atoms. The number of ether oxygens (including phenoxy) is 3. The minimum atomic E-state index is -1.16. The lowest BCUT2D eigenvalue weighted by atomic mass is 10.0. The van der Waals surface area contributed by atoms with Crippen molar-refractivity contribution in [1.82, 2.24) is 4.90 Å². The van der Waals surface area contributed by atoms with Crippen LogP contribution in [0, 0.1) is 11.6 Å². The quantitative estimate of drug-likeness (QED) is 0.589. The smallest absolute Gasteiger partial charge is 0.411 e. The predicted octanol–water partition coefficient (Wildman–Crippen LogP) is 3.45. The Morgan fingerprint density at radius 3 is 2.37 bits per heavy atom. The highest BCUT2D eigenvalue weighted by molar-refractivity contribution is 5.83. The molecule has 0 saturated carbocycles. The molecule has 2 rings (SSSR count). The van der Waals surface area contributed by atoms with E-state index in [4.69, 9.17) is 14.2 Å². The first-order valence-corrected chi connectivity index (χ1v) is 8.56. The maximum Gasteiger partial charge on any atom is 0.411 e. The molecule has 0 saturated heterocycles. The van der Waals surface area contributed by atoms with Crippen LogP contribution in [0.15, 0.2) is 30.4 Å². The summed E-state index contributed by atoms with van der Waals surface area (Å²) in [5.74, 6) is -2.44. The zero-order valence-electron chi connectivity index (χ0n) is 15.7. The third-order valence-electron chi connectivity index (χ3n) is 3.54. The number of carbonyl (C=O) groups excluding carboxylic acids is 2. The van der Waals surface area contributed by atoms with Gasteiger partial charge in [0, 0.05) is 24.7 Å². The highest BCUT2D eigenvalue weighted by Crippen LogP contribution is 2.24. The van der Waals surface area contributed by atoms with Gasteiger partial charge in [-0.15, -0.1) is 0 Å². The van der Waals surface area contributed by atoms with Gasteiger partial charge in [0.1, 0.15) is 29.1 Å². The fourth-order valence-corrected chi connectivity index (χ4v) is 2.56. The van der Waals surface area contributed by atoms with Crippen molar-refractivity contribution in [3.63, 3.8) is 0 Å². The fraction of sp³-hybridized carbons (Fsp3) is 0.474. The molecule has 148 valence electrons. The van der Waals surface area contributed by atoms with E-state index in [9.17, 15) is 18.4 Å². The van der Waals surface area contributed by atoms with Gasteiger partial charge in [-0.2, -0.15) is 0 Å². The van der Waals surface area contributed by atoms with E-state index in [-0.39, 0.29) is 18.9 Å². The number of hydrogen-bond acceptors (Lipinski definition) is 5. The molecule has 0 N–H and O–H groups in total. The Labute approximate surface area is 156 Å². The summed E-state index contributed by atoms with van der Waals surface area (Å²) < 4.78 is 42.9. The molecule has 0 bridgehead atoms. The number of esters is 1. The van der Waals surface area contributed by atoms with Gasteiger partial charge < -0.3 is 14.2 Å². The van der Waals surface area contributed by atoms with Crippen LogP contribution < -0.4 is 4.74 Å². The van der Waals surface area contributed by atoms with Gasteiger partial charge in [-0.05, 0) is 33.8 Å². The van der Waals surface area contributed by atoms with Crippen LogP contribution in [0.25, 0.3) is 0 Å². The van der Waals surface area contributed by atoms with E-state index < -0.39 is 41.4 Å². The third kappa shape index (κ3) is 5.67. The van der Waals surface area contributed by atoms with Crippen LogP contribution in [0.5, 0.6) is 5.75 Å². The molecule has 1 aliphatic heterocycles. The molecule has 0 spiro atoms. The first kappa shape index (κ1) is 20.7. The van der Waals surface area contributed by atoms with Gasteiger partial charge in [-0.1, -0.05) is 6.08 Å². The van der Waals surface area contributed by atoms with Crippen molar-refractivity contribution < 1.29 is 32.6 Å². The normalized spacial score (nSPS) is 19.6. The lowest BCUT2D eigenvalue weighted by Crippen LogP contribution is -2.56. The first-order valence-electron chi connectivity index (χ1n) is 8.56. The molecule has 0 radical (unpaired) electrons. The number of amides is 1. The van der Waals surface area contributed by atoms with Gasteiger partial charge in [-0.25, -0.2) is 18.4 Å². The first-order chi connectivity index (χ1) is 12.6. The van der Waals surface area contributed by atoms with Crippen molar-refractivity contribution >= 4 is 12.1 Å². The van der Waals surface area contributed by atoms with Crippen LogP contribution in [0.2, 0.25) is 0 Å². The van der Waals surface area contributed by atoms with Crippen LogP contribution in [0.4, 0.5) is 13.6 Å². The highest BCUT2D eigenvalue weighted by Gasteiger charge is 2.41. The number of nitrogens with zero attached hydrogens (tertiary/aromatic N) is 1.